The van der Waals surface area contributed by atoms with E-state index in [4.69, 9.17) is 13.9 Å². The van der Waals surface area contributed by atoms with Gasteiger partial charge in [0, 0.05) is 0 Å². The molecule has 214 valence electrons. The van der Waals surface area contributed by atoms with Crippen molar-refractivity contribution in [3.05, 3.63) is 59.7 Å². The molecular formula is C28H39NO8SSi. The number of sulfonamides is 1. The summed E-state index contributed by atoms with van der Waals surface area (Å²) in [5.74, 6) is -1.10. The Morgan fingerprint density at radius 3 is 2.36 bits per heavy atom. The molecule has 39 heavy (non-hydrogen) atoms. The second kappa shape index (κ2) is 10.3. The topological polar surface area (TPSA) is 123 Å². The van der Waals surface area contributed by atoms with Gasteiger partial charge in [-0.2, -0.15) is 0 Å². The minimum absolute atomic E-state index is 0.0627. The van der Waals surface area contributed by atoms with Gasteiger partial charge in [-0.15, -0.1) is 0 Å². The fourth-order valence-corrected chi connectivity index (χ4v) is 7.69. The number of benzene rings is 2. The van der Waals surface area contributed by atoms with E-state index >= 15 is 0 Å². The predicted octanol–water partition coefficient (Wildman–Crippen LogP) is 3.17. The van der Waals surface area contributed by atoms with E-state index in [0.717, 1.165) is 12.7 Å². The van der Waals surface area contributed by atoms with Crippen molar-refractivity contribution in [1.29, 1.82) is 0 Å². The van der Waals surface area contributed by atoms with E-state index in [1.54, 1.807) is 36.4 Å². The number of aliphatic hydroxyl groups excluding tert-OH is 1. The van der Waals surface area contributed by atoms with E-state index in [-0.39, 0.29) is 23.0 Å². The van der Waals surface area contributed by atoms with Gasteiger partial charge >= 0.3 is 5.97 Å². The number of esters is 1. The number of carbonyl (C=O) groups is 1. The molecule has 2 aliphatic heterocycles. The molecule has 2 N–H and O–H groups in total. The Balaban J connectivity index is 1.77. The molecule has 0 amide bonds. The molecular weight excluding hydrogens is 538 g/mol. The normalized spacial score (nSPS) is 27.5. The van der Waals surface area contributed by atoms with Crippen molar-refractivity contribution in [2.75, 3.05) is 18.0 Å². The highest BCUT2D eigenvalue weighted by atomic mass is 32.2. The number of anilines is 1. The van der Waals surface area contributed by atoms with Crippen molar-refractivity contribution in [3.8, 4) is 0 Å². The fraction of sp³-hybridized carbons (Fsp3) is 0.536. The first-order chi connectivity index (χ1) is 18.1. The third-order valence-corrected chi connectivity index (χ3v) is 14.7. The standard InChI is InChI=1S/C28H39NO8SSi/c1-18-12-14-20(15-13-18)38(33,34)29-21-11-9-8-10-19(21)16-22(29)25-28(32,26(31)35-5)24(30)23(37-25)17-36-39(6,7)27(2,3)4/h8-15,22-25,30,32H,16-17H2,1-7H3/t22?,23-,24-,25?,28-/m0/s1. The summed E-state index contributed by atoms with van der Waals surface area (Å²) in [5, 5.41) is 22.9. The number of rotatable bonds is 7. The summed E-state index contributed by atoms with van der Waals surface area (Å²) in [4.78, 5) is 13.1. The second-order valence-electron chi connectivity index (χ2n) is 11.9. The zero-order chi connectivity index (χ0) is 29.0. The van der Waals surface area contributed by atoms with Crippen LogP contribution in [-0.2, 0) is 35.1 Å². The summed E-state index contributed by atoms with van der Waals surface area (Å²) in [6.07, 6.45) is -4.05. The minimum Gasteiger partial charge on any atom is -0.467 e. The Morgan fingerprint density at radius 2 is 1.77 bits per heavy atom. The van der Waals surface area contributed by atoms with Crippen LogP contribution in [0.5, 0.6) is 0 Å². The van der Waals surface area contributed by atoms with Crippen molar-refractivity contribution in [2.24, 2.45) is 0 Å². The maximum absolute atomic E-state index is 14.0. The Hall–Kier alpha value is -2.28. The first-order valence-electron chi connectivity index (χ1n) is 13.0. The number of carbonyl (C=O) groups excluding carboxylic acids is 1. The van der Waals surface area contributed by atoms with Gasteiger partial charge < -0.3 is 24.1 Å². The monoisotopic (exact) mass is 577 g/mol. The van der Waals surface area contributed by atoms with Gasteiger partial charge in [-0.25, -0.2) is 13.2 Å². The summed E-state index contributed by atoms with van der Waals surface area (Å²) in [6.45, 7) is 12.1. The molecule has 2 heterocycles. The third kappa shape index (κ3) is 5.04. The molecule has 0 spiro atoms. The molecule has 1 fully saturated rings. The quantitative estimate of drug-likeness (QED) is 0.380. The molecule has 2 aliphatic rings. The summed E-state index contributed by atoms with van der Waals surface area (Å²) >= 11 is 0. The Morgan fingerprint density at radius 1 is 1.15 bits per heavy atom. The average molecular weight is 578 g/mol. The van der Waals surface area contributed by atoms with Crippen LogP contribution in [0.2, 0.25) is 18.1 Å². The van der Waals surface area contributed by atoms with Gasteiger partial charge in [-0.05, 0) is 55.2 Å². The lowest BCUT2D eigenvalue weighted by Crippen LogP contribution is -2.62. The molecule has 0 bridgehead atoms. The smallest absolute Gasteiger partial charge is 0.343 e. The van der Waals surface area contributed by atoms with Gasteiger partial charge in [0.1, 0.15) is 18.3 Å². The summed E-state index contributed by atoms with van der Waals surface area (Å²) in [7, 11) is -5.32. The maximum atomic E-state index is 14.0. The number of fused-ring (bicyclic) bond motifs is 1. The van der Waals surface area contributed by atoms with E-state index in [9.17, 15) is 23.4 Å². The third-order valence-electron chi connectivity index (χ3n) is 8.37. The van der Waals surface area contributed by atoms with Crippen LogP contribution in [0.1, 0.15) is 31.9 Å². The number of methoxy groups -OCH3 is 1. The first-order valence-corrected chi connectivity index (χ1v) is 17.4. The molecule has 1 saturated heterocycles. The largest absolute Gasteiger partial charge is 0.467 e. The van der Waals surface area contributed by atoms with Crippen LogP contribution in [0.15, 0.2) is 53.4 Å². The van der Waals surface area contributed by atoms with E-state index in [1.165, 1.54) is 16.4 Å². The number of ether oxygens (including phenoxy) is 2. The Bertz CT molecular complexity index is 1320. The van der Waals surface area contributed by atoms with Gasteiger partial charge in [-0.1, -0.05) is 56.7 Å². The summed E-state index contributed by atoms with van der Waals surface area (Å²) in [6, 6.07) is 12.4. The molecule has 0 radical (unpaired) electrons. The van der Waals surface area contributed by atoms with Crippen LogP contribution < -0.4 is 4.31 Å². The highest BCUT2D eigenvalue weighted by Gasteiger charge is 2.65. The lowest BCUT2D eigenvalue weighted by atomic mass is 9.86. The molecule has 2 aromatic carbocycles. The van der Waals surface area contributed by atoms with E-state index in [0.29, 0.717) is 11.3 Å². The average Bonchev–Trinajstić information content (AvgIpc) is 3.38. The Labute approximate surface area is 231 Å². The number of hydrogen-bond donors (Lipinski definition) is 2. The van der Waals surface area contributed by atoms with Gasteiger partial charge in [0.15, 0.2) is 8.32 Å². The van der Waals surface area contributed by atoms with Crippen molar-refractivity contribution in [1.82, 2.24) is 0 Å². The van der Waals surface area contributed by atoms with E-state index in [1.807, 2.05) is 20.0 Å². The zero-order valence-corrected chi connectivity index (χ0v) is 25.4. The number of aryl methyl sites for hydroxylation is 1. The Kier molecular flexibility index (Phi) is 7.83. The van der Waals surface area contributed by atoms with Crippen LogP contribution in [0.3, 0.4) is 0 Å². The molecule has 5 atom stereocenters. The summed E-state index contributed by atoms with van der Waals surface area (Å²) < 4.78 is 46.7. The predicted molar refractivity (Wildman–Crippen MR) is 150 cm³/mol. The second-order valence-corrected chi connectivity index (χ2v) is 18.6. The van der Waals surface area contributed by atoms with E-state index < -0.39 is 54.3 Å². The minimum atomic E-state index is -4.14. The van der Waals surface area contributed by atoms with Crippen LogP contribution in [-0.4, -0.2) is 76.6 Å². The fourth-order valence-electron chi connectivity index (χ4n) is 4.99. The van der Waals surface area contributed by atoms with Crippen LogP contribution in [0.4, 0.5) is 5.69 Å². The van der Waals surface area contributed by atoms with Crippen molar-refractivity contribution < 1.29 is 37.3 Å². The lowest BCUT2D eigenvalue weighted by Gasteiger charge is -2.37. The van der Waals surface area contributed by atoms with E-state index in [2.05, 4.69) is 20.8 Å². The number of para-hydroxylation sites is 1. The molecule has 0 saturated carbocycles. The molecule has 9 nitrogen and oxygen atoms in total. The number of hydrogen-bond acceptors (Lipinski definition) is 8. The van der Waals surface area contributed by atoms with Gasteiger partial charge in [0.25, 0.3) is 10.0 Å². The lowest BCUT2D eigenvalue weighted by molar-refractivity contribution is -0.177. The van der Waals surface area contributed by atoms with Crippen LogP contribution >= 0.6 is 0 Å². The number of nitrogens with zero attached hydrogens (tertiary/aromatic N) is 1. The number of aliphatic hydroxyl groups is 2. The first kappa shape index (κ1) is 29.7. The molecule has 2 aromatic rings. The highest BCUT2D eigenvalue weighted by Crippen LogP contribution is 2.45. The van der Waals surface area contributed by atoms with Crippen molar-refractivity contribution in [3.63, 3.8) is 0 Å². The SMILES string of the molecule is COC(=O)[C@@]1(O)C(C2Cc3ccccc3N2S(=O)(=O)c2ccc(C)cc2)O[C@@H](CO[Si](C)(C)C(C)(C)C)[C@@H]1O. The summed E-state index contributed by atoms with van der Waals surface area (Å²) in [5.41, 5.74) is -0.484. The highest BCUT2D eigenvalue weighted by molar-refractivity contribution is 7.92. The molecule has 0 aliphatic carbocycles. The molecule has 11 heteroatoms. The zero-order valence-electron chi connectivity index (χ0n) is 23.5. The van der Waals surface area contributed by atoms with Gasteiger partial charge in [0.2, 0.25) is 5.60 Å². The van der Waals surface area contributed by atoms with Crippen molar-refractivity contribution in [2.45, 2.75) is 87.1 Å². The van der Waals surface area contributed by atoms with Gasteiger partial charge in [0.05, 0.1) is 30.3 Å². The molecule has 4 rings (SSSR count). The van der Waals surface area contributed by atoms with Crippen LogP contribution in [0, 0.1) is 6.92 Å². The van der Waals surface area contributed by atoms with Crippen molar-refractivity contribution >= 4 is 30.0 Å². The van der Waals surface area contributed by atoms with Crippen LogP contribution in [0.25, 0.3) is 0 Å². The van der Waals surface area contributed by atoms with Gasteiger partial charge in [-0.3, -0.25) is 4.31 Å². The molecule has 0 aromatic heterocycles. The maximum Gasteiger partial charge on any atom is 0.343 e. The molecule has 2 unspecified atom stereocenters.